The Morgan fingerprint density at radius 2 is 1.80 bits per heavy atom. The van der Waals surface area contributed by atoms with E-state index in [0.29, 0.717) is 23.4 Å². The van der Waals surface area contributed by atoms with E-state index < -0.39 is 53.9 Å². The Labute approximate surface area is 278 Å². The molecule has 1 aliphatic rings. The average Bonchev–Trinajstić information content (AvgIpc) is 3.44. The molecule has 0 spiro atoms. The van der Waals surface area contributed by atoms with E-state index in [-0.39, 0.29) is 42.4 Å². The van der Waals surface area contributed by atoms with Gasteiger partial charge in [0.15, 0.2) is 5.69 Å². The number of carbonyl (C=O) groups excluding carboxylic acids is 1. The van der Waals surface area contributed by atoms with Crippen LogP contribution in [0, 0.1) is 23.0 Å². The van der Waals surface area contributed by atoms with Gasteiger partial charge < -0.3 is 20.4 Å². The molecule has 4 N–H and O–H groups in total. The Hall–Kier alpha value is -5.24. The lowest BCUT2D eigenvalue weighted by molar-refractivity contribution is -0.141. The van der Waals surface area contributed by atoms with Gasteiger partial charge in [0.1, 0.15) is 42.6 Å². The number of ether oxygens (including phenoxy) is 1. The fourth-order valence-corrected chi connectivity index (χ4v) is 5.12. The first-order chi connectivity index (χ1) is 23.3. The number of benzene rings is 2. The second kappa shape index (κ2) is 16.2. The van der Waals surface area contributed by atoms with Gasteiger partial charge in [-0.05, 0) is 48.8 Å². The van der Waals surface area contributed by atoms with Gasteiger partial charge in [-0.25, -0.2) is 18.2 Å². The lowest BCUT2D eigenvalue weighted by Crippen LogP contribution is -2.31. The average molecular weight is 685 g/mol. The minimum absolute atomic E-state index is 0.0373. The van der Waals surface area contributed by atoms with Crippen LogP contribution in [0.25, 0.3) is 0 Å². The van der Waals surface area contributed by atoms with Crippen LogP contribution in [0.5, 0.6) is 0 Å². The first kappa shape index (κ1) is 36.6. The van der Waals surface area contributed by atoms with Crippen LogP contribution in [0.1, 0.15) is 36.5 Å². The smallest absolute Gasteiger partial charge is 0.387 e. The number of hydrogen-bond acceptors (Lipinski definition) is 5. The predicted octanol–water partition coefficient (Wildman–Crippen LogP) is 6.89. The van der Waals surface area contributed by atoms with Gasteiger partial charge in [-0.2, -0.15) is 13.2 Å². The van der Waals surface area contributed by atoms with Crippen molar-refractivity contribution in [1.29, 1.82) is 5.41 Å². The van der Waals surface area contributed by atoms with Gasteiger partial charge >= 0.3 is 6.18 Å². The van der Waals surface area contributed by atoms with Gasteiger partial charge in [-0.1, -0.05) is 48.6 Å². The normalized spacial score (nSPS) is 17.2. The van der Waals surface area contributed by atoms with Crippen molar-refractivity contribution in [1.82, 2.24) is 14.9 Å². The molecule has 0 aliphatic heterocycles. The topological polar surface area (TPSA) is 118 Å². The lowest BCUT2D eigenvalue weighted by Gasteiger charge is -2.23. The fourth-order valence-electron chi connectivity index (χ4n) is 5.12. The summed E-state index contributed by atoms with van der Waals surface area (Å²) in [6.07, 6.45) is 1.19. The van der Waals surface area contributed by atoms with Crippen LogP contribution in [-0.2, 0) is 41.9 Å². The number of aliphatic imine (C=N–C) groups is 1. The summed E-state index contributed by atoms with van der Waals surface area (Å²) in [7, 11) is 0. The molecule has 1 aliphatic carbocycles. The summed E-state index contributed by atoms with van der Waals surface area (Å²) in [6, 6.07) is 11.7. The number of amidine groups is 1. The molecule has 0 radical (unpaired) electrons. The van der Waals surface area contributed by atoms with E-state index >= 15 is 0 Å². The van der Waals surface area contributed by atoms with E-state index in [2.05, 4.69) is 15.3 Å². The molecule has 0 saturated carbocycles. The van der Waals surface area contributed by atoms with Crippen molar-refractivity contribution >= 4 is 18.0 Å². The SMILES string of the molecule is CC=NC(/C(=C\C)C1=CC(C(=N)N)C(F)C=C1)=C(/Cc1cc(F)cc(F)c1)NC(=O)Cn1cc(C(F)(F)F)nc1COCc1ccccc1. The Kier molecular flexibility index (Phi) is 12.1. The summed E-state index contributed by atoms with van der Waals surface area (Å²) in [5.74, 6) is -4.21. The van der Waals surface area contributed by atoms with Crippen LogP contribution in [0.15, 0.2) is 107 Å². The van der Waals surface area contributed by atoms with Crippen molar-refractivity contribution in [3.63, 3.8) is 0 Å². The third-order valence-electron chi connectivity index (χ3n) is 7.32. The quantitative estimate of drug-likeness (QED) is 0.0787. The number of amides is 1. The zero-order valence-corrected chi connectivity index (χ0v) is 26.6. The summed E-state index contributed by atoms with van der Waals surface area (Å²) >= 11 is 0. The maximum atomic E-state index is 14.5. The minimum atomic E-state index is -4.80. The molecule has 0 fully saturated rings. The summed E-state index contributed by atoms with van der Waals surface area (Å²) in [5, 5.41) is 10.5. The van der Waals surface area contributed by atoms with Crippen molar-refractivity contribution < 1.29 is 35.9 Å². The first-order valence-corrected chi connectivity index (χ1v) is 15.1. The molecule has 2 unspecified atom stereocenters. The Morgan fingerprint density at radius 3 is 2.41 bits per heavy atom. The minimum Gasteiger partial charge on any atom is -0.387 e. The lowest BCUT2D eigenvalue weighted by atomic mass is 9.88. The molecular formula is C35H34F6N6O2. The number of imidazole rings is 1. The number of nitrogens with one attached hydrogen (secondary N) is 2. The second-order valence-corrected chi connectivity index (χ2v) is 11.0. The third-order valence-corrected chi connectivity index (χ3v) is 7.32. The molecule has 2 atom stereocenters. The van der Waals surface area contributed by atoms with Crippen LogP contribution in [0.2, 0.25) is 0 Å². The maximum Gasteiger partial charge on any atom is 0.434 e. The molecule has 0 saturated heterocycles. The van der Waals surface area contributed by atoms with Gasteiger partial charge in [0.25, 0.3) is 0 Å². The Balaban J connectivity index is 1.72. The number of rotatable bonds is 13. The van der Waals surface area contributed by atoms with Crippen LogP contribution < -0.4 is 11.1 Å². The number of aromatic nitrogens is 2. The third kappa shape index (κ3) is 9.89. The number of nitrogens with zero attached hydrogens (tertiary/aromatic N) is 3. The van der Waals surface area contributed by atoms with E-state index in [1.54, 1.807) is 50.3 Å². The van der Waals surface area contributed by atoms with Crippen LogP contribution >= 0.6 is 0 Å². The number of alkyl halides is 4. The molecule has 8 nitrogen and oxygen atoms in total. The zero-order chi connectivity index (χ0) is 35.7. The van der Waals surface area contributed by atoms with Crippen molar-refractivity contribution in [2.24, 2.45) is 16.6 Å². The molecule has 49 heavy (non-hydrogen) atoms. The van der Waals surface area contributed by atoms with Gasteiger partial charge in [-0.3, -0.25) is 15.2 Å². The van der Waals surface area contributed by atoms with Crippen LogP contribution in [-0.4, -0.2) is 33.7 Å². The predicted molar refractivity (Wildman–Crippen MR) is 173 cm³/mol. The molecule has 2 aromatic carbocycles. The van der Waals surface area contributed by atoms with Gasteiger partial charge in [0.2, 0.25) is 5.91 Å². The Bertz CT molecular complexity index is 1800. The molecular weight excluding hydrogens is 650 g/mol. The van der Waals surface area contributed by atoms with Crippen molar-refractivity contribution in [2.75, 3.05) is 0 Å². The van der Waals surface area contributed by atoms with Gasteiger partial charge in [0, 0.05) is 36.2 Å². The summed E-state index contributed by atoms with van der Waals surface area (Å²) in [4.78, 5) is 21.7. The highest BCUT2D eigenvalue weighted by atomic mass is 19.4. The number of nitrogens with two attached hydrogens (primary N) is 1. The largest absolute Gasteiger partial charge is 0.434 e. The standard InChI is InChI=1S/C35H34F6N6O2/c1-3-26(23-10-11-28(38)27(15-23)34(42)43)33(44-4-2)29(14-22-12-24(36)16-25(37)13-22)45-32(48)18-47-17-30(35(39,40)41)46-31(47)20-49-19-21-8-6-5-7-9-21/h3-13,15-17,27-28H,14,18-20H2,1-2H3,(H3,42,43)(H,45,48)/b26-3-,33-29-,44-4?. The first-order valence-electron chi connectivity index (χ1n) is 15.1. The molecule has 1 heterocycles. The second-order valence-electron chi connectivity index (χ2n) is 11.0. The monoisotopic (exact) mass is 684 g/mol. The highest BCUT2D eigenvalue weighted by molar-refractivity contribution is 5.83. The highest BCUT2D eigenvalue weighted by Crippen LogP contribution is 2.32. The van der Waals surface area contributed by atoms with E-state index in [1.807, 2.05) is 0 Å². The van der Waals surface area contributed by atoms with Crippen molar-refractivity contribution in [3.8, 4) is 0 Å². The number of allylic oxidation sites excluding steroid dienone is 5. The fraction of sp³-hybridized carbons (Fsp3) is 0.257. The summed E-state index contributed by atoms with van der Waals surface area (Å²) in [5.41, 5.74) is 6.20. The summed E-state index contributed by atoms with van der Waals surface area (Å²) < 4.78 is 90.5. The van der Waals surface area contributed by atoms with Gasteiger partial charge in [-0.15, -0.1) is 0 Å². The van der Waals surface area contributed by atoms with Crippen LogP contribution in [0.3, 0.4) is 0 Å². The van der Waals surface area contributed by atoms with Crippen LogP contribution in [0.4, 0.5) is 26.3 Å². The maximum absolute atomic E-state index is 14.5. The molecule has 4 rings (SSSR count). The number of hydrogen-bond donors (Lipinski definition) is 3. The van der Waals surface area contributed by atoms with E-state index in [9.17, 15) is 31.1 Å². The molecule has 3 aromatic rings. The molecule has 1 amide bonds. The van der Waals surface area contributed by atoms with E-state index in [4.69, 9.17) is 15.9 Å². The molecule has 258 valence electrons. The van der Waals surface area contributed by atoms with Crippen molar-refractivity contribution in [2.45, 2.75) is 52.4 Å². The van der Waals surface area contributed by atoms with Gasteiger partial charge in [0.05, 0.1) is 18.2 Å². The zero-order valence-electron chi connectivity index (χ0n) is 26.6. The molecule has 0 bridgehead atoms. The number of halogens is 6. The number of carbonyl (C=O) groups is 1. The van der Waals surface area contributed by atoms with E-state index in [0.717, 1.165) is 22.3 Å². The molecule has 14 heteroatoms. The molecule has 1 aromatic heterocycles. The highest BCUT2D eigenvalue weighted by Gasteiger charge is 2.35. The Morgan fingerprint density at radius 1 is 1.10 bits per heavy atom. The van der Waals surface area contributed by atoms with Crippen molar-refractivity contribution in [3.05, 3.63) is 136 Å². The summed E-state index contributed by atoms with van der Waals surface area (Å²) in [6.45, 7) is 2.33. The van der Waals surface area contributed by atoms with E-state index in [1.165, 1.54) is 24.4 Å².